The van der Waals surface area contributed by atoms with E-state index >= 15 is 0 Å². The van der Waals surface area contributed by atoms with Crippen molar-refractivity contribution in [1.29, 1.82) is 0 Å². The van der Waals surface area contributed by atoms with Gasteiger partial charge in [0.15, 0.2) is 15.8 Å². The molecule has 2 N–H and O–H groups in total. The zero-order valence-electron chi connectivity index (χ0n) is 15.7. The summed E-state index contributed by atoms with van der Waals surface area (Å²) in [5.41, 5.74) is 0. The summed E-state index contributed by atoms with van der Waals surface area (Å²) >= 11 is 0. The lowest BCUT2D eigenvalue weighted by molar-refractivity contribution is 0.0768. The van der Waals surface area contributed by atoms with E-state index in [-0.39, 0.29) is 6.54 Å². The van der Waals surface area contributed by atoms with Crippen LogP contribution in [0.4, 0.5) is 0 Å². The second-order valence-electron chi connectivity index (χ2n) is 6.80. The number of nitrogens with zero attached hydrogens (tertiary/aromatic N) is 1. The van der Waals surface area contributed by atoms with Crippen molar-refractivity contribution in [3.8, 4) is 0 Å². The first-order valence-corrected chi connectivity index (χ1v) is 11.1. The number of ether oxygens (including phenoxy) is 1. The lowest BCUT2D eigenvalue weighted by Gasteiger charge is -2.34. The maximum atomic E-state index is 12.3. The average molecular weight is 362 g/mol. The van der Waals surface area contributed by atoms with Crippen molar-refractivity contribution in [3.05, 3.63) is 0 Å². The molecular formula is C17H35N3O3S. The summed E-state index contributed by atoms with van der Waals surface area (Å²) in [7, 11) is -3.19. The highest BCUT2D eigenvalue weighted by atomic mass is 32.2. The molecule has 0 aromatic carbocycles. The Kier molecular flexibility index (Phi) is 9.05. The van der Waals surface area contributed by atoms with Crippen LogP contribution < -0.4 is 10.6 Å². The van der Waals surface area contributed by atoms with Gasteiger partial charge in [0.25, 0.3) is 0 Å². The molecule has 0 saturated carbocycles. The quantitative estimate of drug-likeness (QED) is 0.373. The lowest BCUT2D eigenvalue weighted by Crippen LogP contribution is -2.48. The molecule has 0 aliphatic carbocycles. The smallest absolute Gasteiger partial charge is 0.191 e. The molecule has 1 fully saturated rings. The number of hydrogen-bond acceptors (Lipinski definition) is 4. The third-order valence-corrected chi connectivity index (χ3v) is 6.79. The number of sulfone groups is 1. The summed E-state index contributed by atoms with van der Waals surface area (Å²) in [4.78, 5) is 4.60. The normalized spacial score (nSPS) is 19.8. The van der Waals surface area contributed by atoms with Crippen LogP contribution in [0.15, 0.2) is 4.99 Å². The van der Waals surface area contributed by atoms with Crippen LogP contribution in [0.1, 0.15) is 59.3 Å². The second kappa shape index (κ2) is 10.2. The summed E-state index contributed by atoms with van der Waals surface area (Å²) in [6.07, 6.45) is 7.07. The first-order valence-electron chi connectivity index (χ1n) is 9.17. The Balaban J connectivity index is 2.75. The topological polar surface area (TPSA) is 79.8 Å². The molecule has 0 spiro atoms. The average Bonchev–Trinajstić information content (AvgIpc) is 2.53. The van der Waals surface area contributed by atoms with E-state index in [1.807, 2.05) is 6.92 Å². The molecule has 0 amide bonds. The van der Waals surface area contributed by atoms with Gasteiger partial charge in [-0.3, -0.25) is 4.99 Å². The van der Waals surface area contributed by atoms with E-state index in [2.05, 4.69) is 29.5 Å². The van der Waals surface area contributed by atoms with Crippen LogP contribution >= 0.6 is 0 Å². The summed E-state index contributed by atoms with van der Waals surface area (Å²) in [5.74, 6) is 0.705. The largest absolute Gasteiger partial charge is 0.381 e. The van der Waals surface area contributed by atoms with E-state index in [4.69, 9.17) is 4.74 Å². The maximum Gasteiger partial charge on any atom is 0.191 e. The standard InChI is InChI=1S/C17H35N3O3S/c1-5-7-8-9-15(3)20-16(18-6-2)19-14-17(24(4,21)22)10-12-23-13-11-17/h15H,5-14H2,1-4H3,(H2,18,19,20). The second-order valence-corrected chi connectivity index (χ2v) is 9.21. The van der Waals surface area contributed by atoms with Gasteiger partial charge in [-0.2, -0.15) is 0 Å². The van der Waals surface area contributed by atoms with Crippen molar-refractivity contribution < 1.29 is 13.2 Å². The summed E-state index contributed by atoms with van der Waals surface area (Å²) in [5, 5.41) is 6.62. The third-order valence-electron chi connectivity index (χ3n) is 4.68. The van der Waals surface area contributed by atoms with Crippen molar-refractivity contribution in [3.63, 3.8) is 0 Å². The highest BCUT2D eigenvalue weighted by molar-refractivity contribution is 7.92. The van der Waals surface area contributed by atoms with E-state index in [0.717, 1.165) is 13.0 Å². The fourth-order valence-electron chi connectivity index (χ4n) is 2.94. The van der Waals surface area contributed by atoms with Crippen molar-refractivity contribution >= 4 is 15.8 Å². The Morgan fingerprint density at radius 2 is 1.92 bits per heavy atom. The molecule has 1 atom stereocenters. The minimum Gasteiger partial charge on any atom is -0.381 e. The number of rotatable bonds is 9. The molecule has 0 bridgehead atoms. The monoisotopic (exact) mass is 361 g/mol. The molecule has 1 unspecified atom stereocenters. The van der Waals surface area contributed by atoms with E-state index in [9.17, 15) is 8.42 Å². The van der Waals surface area contributed by atoms with Gasteiger partial charge >= 0.3 is 0 Å². The minimum absolute atomic E-state index is 0.284. The maximum absolute atomic E-state index is 12.3. The van der Waals surface area contributed by atoms with Gasteiger partial charge in [0, 0.05) is 32.1 Å². The van der Waals surface area contributed by atoms with E-state index in [1.54, 1.807) is 0 Å². The van der Waals surface area contributed by atoms with Gasteiger partial charge < -0.3 is 15.4 Å². The molecule has 1 aliphatic heterocycles. The summed E-state index contributed by atoms with van der Waals surface area (Å²) in [6, 6.07) is 0.318. The fraction of sp³-hybridized carbons (Fsp3) is 0.941. The summed E-state index contributed by atoms with van der Waals surface area (Å²) < 4.78 is 29.2. The molecule has 24 heavy (non-hydrogen) atoms. The van der Waals surface area contributed by atoms with Gasteiger partial charge in [-0.25, -0.2) is 8.42 Å². The minimum atomic E-state index is -3.19. The zero-order valence-corrected chi connectivity index (χ0v) is 16.5. The summed E-state index contributed by atoms with van der Waals surface area (Å²) in [6.45, 7) is 8.36. The zero-order chi connectivity index (χ0) is 18.1. The Bertz CT molecular complexity index is 485. The predicted molar refractivity (Wildman–Crippen MR) is 100 cm³/mol. The van der Waals surface area contributed by atoms with Crippen LogP contribution in [-0.4, -0.2) is 57.7 Å². The number of aliphatic imine (C=N–C) groups is 1. The SMILES string of the molecule is CCCCCC(C)NC(=NCC1(S(C)(=O)=O)CCOCC1)NCC. The van der Waals surface area contributed by atoms with Crippen molar-refractivity contribution in [2.75, 3.05) is 32.6 Å². The number of guanidine groups is 1. The Labute approximate surface area is 147 Å². The van der Waals surface area contributed by atoms with E-state index in [0.29, 0.717) is 38.1 Å². The Hall–Kier alpha value is -0.820. The molecule has 6 nitrogen and oxygen atoms in total. The Morgan fingerprint density at radius 1 is 1.25 bits per heavy atom. The number of unbranched alkanes of at least 4 members (excludes halogenated alkanes) is 2. The van der Waals surface area contributed by atoms with E-state index < -0.39 is 14.6 Å². The fourth-order valence-corrected chi connectivity index (χ4v) is 4.15. The highest BCUT2D eigenvalue weighted by Crippen LogP contribution is 2.29. The molecule has 0 aromatic rings. The van der Waals surface area contributed by atoms with Gasteiger partial charge in [-0.1, -0.05) is 26.2 Å². The predicted octanol–water partition coefficient (Wildman–Crippen LogP) is 2.10. The molecule has 1 rings (SSSR count). The van der Waals surface area contributed by atoms with Crippen molar-refractivity contribution in [2.45, 2.75) is 70.1 Å². The first kappa shape index (κ1) is 21.2. The van der Waals surface area contributed by atoms with Crippen molar-refractivity contribution in [2.24, 2.45) is 4.99 Å². The van der Waals surface area contributed by atoms with Crippen LogP contribution in [0.25, 0.3) is 0 Å². The Morgan fingerprint density at radius 3 is 2.46 bits per heavy atom. The van der Waals surface area contributed by atoms with E-state index in [1.165, 1.54) is 25.5 Å². The number of hydrogen-bond donors (Lipinski definition) is 2. The van der Waals surface area contributed by atoms with Gasteiger partial charge in [-0.15, -0.1) is 0 Å². The van der Waals surface area contributed by atoms with Gasteiger partial charge in [-0.05, 0) is 33.1 Å². The molecule has 0 aromatic heterocycles. The van der Waals surface area contributed by atoms with Crippen LogP contribution in [-0.2, 0) is 14.6 Å². The van der Waals surface area contributed by atoms with Crippen LogP contribution in [0.2, 0.25) is 0 Å². The number of nitrogens with one attached hydrogen (secondary N) is 2. The third kappa shape index (κ3) is 6.59. The molecule has 7 heteroatoms. The molecule has 0 radical (unpaired) electrons. The highest BCUT2D eigenvalue weighted by Gasteiger charge is 2.42. The lowest BCUT2D eigenvalue weighted by atomic mass is 9.99. The van der Waals surface area contributed by atoms with Gasteiger partial charge in [0.1, 0.15) is 0 Å². The van der Waals surface area contributed by atoms with Crippen molar-refractivity contribution in [1.82, 2.24) is 10.6 Å². The molecular weight excluding hydrogens is 326 g/mol. The van der Waals surface area contributed by atoms with Crippen LogP contribution in [0.3, 0.4) is 0 Å². The van der Waals surface area contributed by atoms with Crippen LogP contribution in [0, 0.1) is 0 Å². The van der Waals surface area contributed by atoms with Crippen LogP contribution in [0.5, 0.6) is 0 Å². The molecule has 1 saturated heterocycles. The van der Waals surface area contributed by atoms with Gasteiger partial charge in [0.05, 0.1) is 11.3 Å². The van der Waals surface area contributed by atoms with Gasteiger partial charge in [0.2, 0.25) is 0 Å². The first-order chi connectivity index (χ1) is 11.3. The molecule has 142 valence electrons. The molecule has 1 heterocycles. The molecule has 1 aliphatic rings.